The number of ether oxygens (including phenoxy) is 1. The summed E-state index contributed by atoms with van der Waals surface area (Å²) in [4.78, 5) is 12.5. The Balaban J connectivity index is 1.55. The van der Waals surface area contributed by atoms with Crippen molar-refractivity contribution in [3.8, 4) is 22.7 Å². The van der Waals surface area contributed by atoms with Gasteiger partial charge >= 0.3 is 0 Å². The van der Waals surface area contributed by atoms with E-state index in [0.29, 0.717) is 17.0 Å². The van der Waals surface area contributed by atoms with Crippen LogP contribution in [0.5, 0.6) is 5.75 Å². The van der Waals surface area contributed by atoms with Crippen LogP contribution in [0.2, 0.25) is 5.02 Å². The molecule has 0 saturated carbocycles. The van der Waals surface area contributed by atoms with Gasteiger partial charge in [-0.1, -0.05) is 41.9 Å². The Morgan fingerprint density at radius 2 is 1.70 bits per heavy atom. The quantitative estimate of drug-likeness (QED) is 0.339. The van der Waals surface area contributed by atoms with Crippen LogP contribution in [0.15, 0.2) is 84.9 Å². The molecule has 33 heavy (non-hydrogen) atoms. The van der Waals surface area contributed by atoms with Gasteiger partial charge in [-0.05, 0) is 66.6 Å². The Morgan fingerprint density at radius 1 is 0.970 bits per heavy atom. The van der Waals surface area contributed by atoms with Crippen molar-refractivity contribution in [2.45, 2.75) is 19.4 Å². The maximum absolute atomic E-state index is 13.8. The van der Waals surface area contributed by atoms with E-state index in [2.05, 4.69) is 9.88 Å². The van der Waals surface area contributed by atoms with E-state index in [1.807, 2.05) is 60.7 Å². The number of carbonyl (C=O) groups excluding carboxylic acids is 1. The zero-order chi connectivity index (χ0) is 23.2. The normalized spacial score (nSPS) is 10.8. The number of rotatable bonds is 8. The number of amides is 1. The molecule has 0 unspecified atom stereocenters. The number of aryl methyl sites for hydroxylation is 1. The molecule has 4 nitrogen and oxygen atoms in total. The molecular formula is C27H24ClFN2O2. The van der Waals surface area contributed by atoms with Gasteiger partial charge in [0.25, 0.3) is 0 Å². The molecule has 0 aliphatic carbocycles. The predicted molar refractivity (Wildman–Crippen MR) is 129 cm³/mol. The third-order valence-corrected chi connectivity index (χ3v) is 5.73. The van der Waals surface area contributed by atoms with Crippen LogP contribution in [0.1, 0.15) is 17.7 Å². The topological polar surface area (TPSA) is 43.3 Å². The number of methoxy groups -OCH3 is 1. The Bertz CT molecular complexity index is 1230. The molecule has 0 radical (unpaired) electrons. The van der Waals surface area contributed by atoms with Gasteiger partial charge < -0.3 is 14.6 Å². The molecule has 6 heteroatoms. The van der Waals surface area contributed by atoms with E-state index in [1.54, 1.807) is 25.3 Å². The van der Waals surface area contributed by atoms with Crippen molar-refractivity contribution in [2.75, 3.05) is 7.11 Å². The van der Waals surface area contributed by atoms with Crippen LogP contribution >= 0.6 is 11.6 Å². The maximum Gasteiger partial charge on any atom is 0.220 e. The standard InChI is InChI=1S/C27H24ClFN2O2/c1-33-24-14-10-22(11-15-24)31-23(12-16-26(31)19-6-8-21(28)9-7-19)13-17-27(32)30-18-20-4-2-3-5-25(20)29/h2-12,14-16H,13,17-18H2,1H3,(H,30,32). The minimum Gasteiger partial charge on any atom is -0.497 e. The van der Waals surface area contributed by atoms with E-state index >= 15 is 0 Å². The zero-order valence-corrected chi connectivity index (χ0v) is 19.0. The van der Waals surface area contributed by atoms with Crippen molar-refractivity contribution in [2.24, 2.45) is 0 Å². The van der Waals surface area contributed by atoms with Crippen molar-refractivity contribution in [1.29, 1.82) is 0 Å². The summed E-state index contributed by atoms with van der Waals surface area (Å²) in [7, 11) is 1.63. The summed E-state index contributed by atoms with van der Waals surface area (Å²) in [5.74, 6) is 0.320. The third-order valence-electron chi connectivity index (χ3n) is 5.47. The smallest absolute Gasteiger partial charge is 0.220 e. The molecule has 1 heterocycles. The fourth-order valence-corrected chi connectivity index (χ4v) is 3.85. The molecular weight excluding hydrogens is 439 g/mol. The molecule has 3 aromatic carbocycles. The lowest BCUT2D eigenvalue weighted by molar-refractivity contribution is -0.121. The lowest BCUT2D eigenvalue weighted by atomic mass is 10.1. The van der Waals surface area contributed by atoms with Crippen LogP contribution in [0.25, 0.3) is 16.9 Å². The van der Waals surface area contributed by atoms with Crippen LogP contribution < -0.4 is 10.1 Å². The molecule has 4 aromatic rings. The molecule has 0 atom stereocenters. The number of hydrogen-bond donors (Lipinski definition) is 1. The Labute approximate surface area is 197 Å². The molecule has 1 aromatic heterocycles. The van der Waals surface area contributed by atoms with Crippen LogP contribution in [0, 0.1) is 5.82 Å². The average molecular weight is 463 g/mol. The molecule has 0 spiro atoms. The van der Waals surface area contributed by atoms with E-state index in [0.717, 1.165) is 28.4 Å². The molecule has 0 aliphatic heterocycles. The second kappa shape index (κ2) is 10.4. The summed E-state index contributed by atoms with van der Waals surface area (Å²) in [5.41, 5.74) is 4.44. The Morgan fingerprint density at radius 3 is 2.39 bits per heavy atom. The summed E-state index contributed by atoms with van der Waals surface area (Å²) in [5, 5.41) is 3.48. The first-order valence-electron chi connectivity index (χ1n) is 10.7. The summed E-state index contributed by atoms with van der Waals surface area (Å²) in [6.07, 6.45) is 0.817. The Kier molecular flexibility index (Phi) is 7.10. The van der Waals surface area contributed by atoms with Crippen molar-refractivity contribution in [1.82, 2.24) is 9.88 Å². The highest BCUT2D eigenvalue weighted by atomic mass is 35.5. The van der Waals surface area contributed by atoms with Gasteiger partial charge in [0, 0.05) is 34.9 Å². The van der Waals surface area contributed by atoms with E-state index in [1.165, 1.54) is 6.07 Å². The minimum atomic E-state index is -0.321. The van der Waals surface area contributed by atoms with E-state index in [4.69, 9.17) is 16.3 Å². The maximum atomic E-state index is 13.8. The van der Waals surface area contributed by atoms with E-state index < -0.39 is 0 Å². The first kappa shape index (κ1) is 22.6. The predicted octanol–water partition coefficient (Wildman–Crippen LogP) is 6.19. The van der Waals surface area contributed by atoms with Crippen LogP contribution in [0.3, 0.4) is 0 Å². The second-order valence-corrected chi connectivity index (χ2v) is 8.05. The largest absolute Gasteiger partial charge is 0.497 e. The zero-order valence-electron chi connectivity index (χ0n) is 18.2. The number of carbonyl (C=O) groups is 1. The summed E-state index contributed by atoms with van der Waals surface area (Å²) < 4.78 is 21.2. The van der Waals surface area contributed by atoms with Crippen LogP contribution in [-0.4, -0.2) is 17.6 Å². The average Bonchev–Trinajstić information content (AvgIpc) is 3.26. The monoisotopic (exact) mass is 462 g/mol. The highest BCUT2D eigenvalue weighted by Crippen LogP contribution is 2.29. The SMILES string of the molecule is COc1ccc(-n2c(CCC(=O)NCc3ccccc3F)ccc2-c2ccc(Cl)cc2)cc1. The van der Waals surface area contributed by atoms with Crippen molar-refractivity contribution in [3.63, 3.8) is 0 Å². The Hall–Kier alpha value is -3.57. The molecule has 0 aliphatic rings. The molecule has 4 rings (SSSR count). The molecule has 1 N–H and O–H groups in total. The highest BCUT2D eigenvalue weighted by molar-refractivity contribution is 6.30. The van der Waals surface area contributed by atoms with Gasteiger partial charge in [0.05, 0.1) is 12.8 Å². The number of hydrogen-bond acceptors (Lipinski definition) is 2. The number of aromatic nitrogens is 1. The highest BCUT2D eigenvalue weighted by Gasteiger charge is 2.14. The fourth-order valence-electron chi connectivity index (χ4n) is 3.72. The molecule has 0 bridgehead atoms. The molecule has 0 saturated heterocycles. The third kappa shape index (κ3) is 5.44. The number of nitrogens with one attached hydrogen (secondary N) is 1. The summed E-state index contributed by atoms with van der Waals surface area (Å²) in [6.45, 7) is 0.168. The van der Waals surface area contributed by atoms with Crippen LogP contribution in [0.4, 0.5) is 4.39 Å². The molecule has 0 fully saturated rings. The number of halogens is 2. The van der Waals surface area contributed by atoms with E-state index in [9.17, 15) is 9.18 Å². The van der Waals surface area contributed by atoms with Crippen molar-refractivity contribution in [3.05, 3.63) is 107 Å². The number of nitrogens with zero attached hydrogens (tertiary/aromatic N) is 1. The lowest BCUT2D eigenvalue weighted by Crippen LogP contribution is -2.23. The van der Waals surface area contributed by atoms with Gasteiger partial charge in [-0.15, -0.1) is 0 Å². The van der Waals surface area contributed by atoms with Gasteiger partial charge in [-0.25, -0.2) is 4.39 Å². The summed E-state index contributed by atoms with van der Waals surface area (Å²) >= 11 is 6.07. The fraction of sp³-hybridized carbons (Fsp3) is 0.148. The van der Waals surface area contributed by atoms with Gasteiger partial charge in [0.1, 0.15) is 11.6 Å². The second-order valence-electron chi connectivity index (χ2n) is 7.62. The summed E-state index contributed by atoms with van der Waals surface area (Å²) in [6, 6.07) is 26.0. The number of benzene rings is 3. The van der Waals surface area contributed by atoms with Gasteiger partial charge in [-0.2, -0.15) is 0 Å². The van der Waals surface area contributed by atoms with Gasteiger partial charge in [-0.3, -0.25) is 4.79 Å². The van der Waals surface area contributed by atoms with Gasteiger partial charge in [0.15, 0.2) is 0 Å². The molecule has 168 valence electrons. The van der Waals surface area contributed by atoms with Gasteiger partial charge in [0.2, 0.25) is 5.91 Å². The van der Waals surface area contributed by atoms with Crippen molar-refractivity contribution >= 4 is 17.5 Å². The van der Waals surface area contributed by atoms with E-state index in [-0.39, 0.29) is 24.7 Å². The molecule has 1 amide bonds. The lowest BCUT2D eigenvalue weighted by Gasteiger charge is -2.15. The minimum absolute atomic E-state index is 0.131. The first-order chi connectivity index (χ1) is 16.0. The van der Waals surface area contributed by atoms with Crippen molar-refractivity contribution < 1.29 is 13.9 Å². The van der Waals surface area contributed by atoms with Crippen LogP contribution in [-0.2, 0) is 17.8 Å². The first-order valence-corrected chi connectivity index (χ1v) is 11.0.